The Morgan fingerprint density at radius 1 is 1.53 bits per heavy atom. The van der Waals surface area contributed by atoms with Crippen LogP contribution in [0.5, 0.6) is 0 Å². The Morgan fingerprint density at radius 2 is 2.21 bits per heavy atom. The first kappa shape index (κ1) is 13.7. The van der Waals surface area contributed by atoms with E-state index >= 15 is 0 Å². The van der Waals surface area contributed by atoms with Gasteiger partial charge >= 0.3 is 5.69 Å². The fraction of sp³-hybridized carbons (Fsp3) is 0.545. The fourth-order valence-corrected chi connectivity index (χ4v) is 2.05. The Morgan fingerprint density at radius 3 is 2.74 bits per heavy atom. The molecule has 2 rings (SSSR count). The van der Waals surface area contributed by atoms with Gasteiger partial charge in [-0.3, -0.25) is 14.2 Å². The van der Waals surface area contributed by atoms with E-state index in [0.29, 0.717) is 4.57 Å². The van der Waals surface area contributed by atoms with Gasteiger partial charge in [0, 0.05) is 25.6 Å². The summed E-state index contributed by atoms with van der Waals surface area (Å²) in [7, 11) is 0. The lowest BCUT2D eigenvalue weighted by molar-refractivity contribution is -0.0462. The van der Waals surface area contributed by atoms with Gasteiger partial charge in [0.2, 0.25) is 5.91 Å². The molecule has 1 aliphatic rings. The number of aliphatic hydroxyl groups excluding tert-OH is 2. The van der Waals surface area contributed by atoms with Crippen LogP contribution in [0.4, 0.5) is 0 Å². The van der Waals surface area contributed by atoms with E-state index in [-0.39, 0.29) is 13.0 Å². The topological polar surface area (TPSA) is 111 Å². The number of hydrogen-bond donors (Lipinski definition) is 2. The van der Waals surface area contributed by atoms with Gasteiger partial charge in [0.05, 0.1) is 12.7 Å². The summed E-state index contributed by atoms with van der Waals surface area (Å²) in [4.78, 5) is 34.7. The summed E-state index contributed by atoms with van der Waals surface area (Å²) in [6.45, 7) is 0.729. The molecule has 0 saturated carbocycles. The van der Waals surface area contributed by atoms with E-state index in [4.69, 9.17) is 9.84 Å². The fourth-order valence-electron chi connectivity index (χ4n) is 2.05. The van der Waals surface area contributed by atoms with Gasteiger partial charge in [0.15, 0.2) is 0 Å². The van der Waals surface area contributed by atoms with Crippen LogP contribution in [-0.4, -0.2) is 44.1 Å². The molecule has 0 aromatic carbocycles. The third-order valence-electron chi connectivity index (χ3n) is 3.02. The zero-order valence-electron chi connectivity index (χ0n) is 10.2. The van der Waals surface area contributed by atoms with Crippen LogP contribution in [0.2, 0.25) is 0 Å². The minimum absolute atomic E-state index is 0.0985. The van der Waals surface area contributed by atoms with E-state index in [1.165, 1.54) is 6.20 Å². The highest BCUT2D eigenvalue weighted by molar-refractivity contribution is 5.75. The molecule has 1 aromatic heterocycles. The second-order valence-corrected chi connectivity index (χ2v) is 4.31. The summed E-state index contributed by atoms with van der Waals surface area (Å²) >= 11 is 0. The van der Waals surface area contributed by atoms with E-state index < -0.39 is 35.6 Å². The Bertz CT molecular complexity index is 604. The minimum Gasteiger partial charge on any atom is -0.394 e. The highest BCUT2D eigenvalue weighted by Crippen LogP contribution is 2.26. The molecular formula is C11H14N2O6. The van der Waals surface area contributed by atoms with Crippen molar-refractivity contribution in [3.63, 3.8) is 0 Å². The first-order valence-corrected chi connectivity index (χ1v) is 5.75. The van der Waals surface area contributed by atoms with Gasteiger partial charge < -0.3 is 14.9 Å². The molecular weight excluding hydrogens is 256 g/mol. The molecule has 1 aromatic rings. The molecule has 1 saturated heterocycles. The molecule has 19 heavy (non-hydrogen) atoms. The zero-order valence-corrected chi connectivity index (χ0v) is 10.2. The van der Waals surface area contributed by atoms with Gasteiger partial charge in [0.25, 0.3) is 5.56 Å². The first-order valence-electron chi connectivity index (χ1n) is 5.75. The van der Waals surface area contributed by atoms with Gasteiger partial charge in [-0.1, -0.05) is 0 Å². The molecule has 8 nitrogen and oxygen atoms in total. The number of aromatic nitrogens is 2. The van der Waals surface area contributed by atoms with Crippen LogP contribution in [0.1, 0.15) is 24.4 Å². The van der Waals surface area contributed by atoms with E-state index in [9.17, 15) is 19.5 Å². The van der Waals surface area contributed by atoms with Crippen LogP contribution in [0.25, 0.3) is 0 Å². The maximum Gasteiger partial charge on any atom is 0.340 e. The van der Waals surface area contributed by atoms with Crippen molar-refractivity contribution in [3.05, 3.63) is 33.1 Å². The summed E-state index contributed by atoms with van der Waals surface area (Å²) in [6.07, 6.45) is -1.19. The Kier molecular flexibility index (Phi) is 3.65. The number of nitrogens with zero attached hydrogens (tertiary/aromatic N) is 2. The predicted molar refractivity (Wildman–Crippen MR) is 62.9 cm³/mol. The molecule has 8 heteroatoms. The Balaban J connectivity index is 2.43. The van der Waals surface area contributed by atoms with Crippen LogP contribution in [0, 0.1) is 0 Å². The van der Waals surface area contributed by atoms with Gasteiger partial charge in [-0.25, -0.2) is 4.79 Å². The summed E-state index contributed by atoms with van der Waals surface area (Å²) < 4.78 is 6.85. The average Bonchev–Trinajstić information content (AvgIpc) is 2.70. The molecule has 2 heterocycles. The smallest absolute Gasteiger partial charge is 0.340 e. The molecule has 1 fully saturated rings. The summed E-state index contributed by atoms with van der Waals surface area (Å²) in [5.74, 6) is -0.693. The average molecular weight is 270 g/mol. The third kappa shape index (κ3) is 2.37. The van der Waals surface area contributed by atoms with Crippen LogP contribution in [-0.2, 0) is 4.74 Å². The number of aliphatic hydroxyl groups is 2. The highest BCUT2D eigenvalue weighted by atomic mass is 16.5. The minimum atomic E-state index is -0.903. The van der Waals surface area contributed by atoms with Crippen molar-refractivity contribution in [2.75, 3.05) is 6.61 Å². The molecule has 104 valence electrons. The number of hydrogen-bond acceptors (Lipinski definition) is 6. The normalized spacial score (nSPS) is 26.6. The van der Waals surface area contributed by atoms with Gasteiger partial charge in [-0.2, -0.15) is 4.57 Å². The number of rotatable bonds is 2. The Labute approximate surface area is 107 Å². The van der Waals surface area contributed by atoms with Crippen molar-refractivity contribution in [1.29, 1.82) is 0 Å². The zero-order chi connectivity index (χ0) is 14.2. The number of carbonyl (C=O) groups is 1. The lowest BCUT2D eigenvalue weighted by Gasteiger charge is -2.15. The second-order valence-electron chi connectivity index (χ2n) is 4.31. The molecule has 1 aliphatic heterocycles. The monoisotopic (exact) mass is 270 g/mol. The van der Waals surface area contributed by atoms with E-state index in [1.807, 2.05) is 0 Å². The molecule has 0 spiro atoms. The van der Waals surface area contributed by atoms with Crippen molar-refractivity contribution in [2.45, 2.75) is 31.8 Å². The predicted octanol–water partition coefficient (Wildman–Crippen LogP) is -1.69. The number of ether oxygens (including phenoxy) is 1. The molecule has 2 N–H and O–H groups in total. The van der Waals surface area contributed by atoms with E-state index in [2.05, 4.69) is 0 Å². The van der Waals surface area contributed by atoms with Gasteiger partial charge in [-0.15, -0.1) is 0 Å². The summed E-state index contributed by atoms with van der Waals surface area (Å²) in [6, 6.07) is 1.07. The molecule has 0 amide bonds. The van der Waals surface area contributed by atoms with Crippen LogP contribution >= 0.6 is 0 Å². The SMILES string of the molecule is CC(=O)n1c(=O)ccn([C@H]2C[C@H](O)[C@@H](CO)O2)c1=O. The molecule has 3 atom stereocenters. The second kappa shape index (κ2) is 5.08. The quantitative estimate of drug-likeness (QED) is 0.663. The maximum atomic E-state index is 12.0. The standard InChI is InChI=1S/C11H14N2O6/c1-6(15)13-9(17)2-3-12(11(13)18)10-4-7(16)8(5-14)19-10/h2-3,7-8,10,14,16H,4-5H2,1H3/t7-,8+,10+/m0/s1. The lowest BCUT2D eigenvalue weighted by Crippen LogP contribution is -2.43. The number of carbonyl (C=O) groups excluding carboxylic acids is 1. The third-order valence-corrected chi connectivity index (χ3v) is 3.02. The van der Waals surface area contributed by atoms with E-state index in [0.717, 1.165) is 17.6 Å². The van der Waals surface area contributed by atoms with Crippen molar-refractivity contribution in [1.82, 2.24) is 9.13 Å². The summed E-state index contributed by atoms with van der Waals surface area (Å²) in [5, 5.41) is 18.6. The highest BCUT2D eigenvalue weighted by Gasteiger charge is 2.35. The van der Waals surface area contributed by atoms with Crippen molar-refractivity contribution in [2.24, 2.45) is 0 Å². The van der Waals surface area contributed by atoms with Crippen LogP contribution in [0.15, 0.2) is 21.9 Å². The van der Waals surface area contributed by atoms with Crippen LogP contribution in [0.3, 0.4) is 0 Å². The van der Waals surface area contributed by atoms with Crippen molar-refractivity contribution in [3.8, 4) is 0 Å². The molecule has 0 aliphatic carbocycles. The molecule has 0 unspecified atom stereocenters. The molecule has 0 bridgehead atoms. The summed E-state index contributed by atoms with van der Waals surface area (Å²) in [5.41, 5.74) is -1.54. The Hall–Kier alpha value is -1.77. The van der Waals surface area contributed by atoms with Gasteiger partial charge in [0.1, 0.15) is 12.3 Å². The molecule has 0 radical (unpaired) electrons. The first-order chi connectivity index (χ1) is 8.95. The largest absolute Gasteiger partial charge is 0.394 e. The lowest BCUT2D eigenvalue weighted by atomic mass is 10.2. The van der Waals surface area contributed by atoms with Gasteiger partial charge in [-0.05, 0) is 0 Å². The van der Waals surface area contributed by atoms with Crippen LogP contribution < -0.4 is 11.2 Å². The van der Waals surface area contributed by atoms with E-state index in [1.54, 1.807) is 0 Å². The van der Waals surface area contributed by atoms with Crippen molar-refractivity contribution >= 4 is 5.91 Å². The maximum absolute atomic E-state index is 12.0. The van der Waals surface area contributed by atoms with Crippen molar-refractivity contribution < 1.29 is 19.7 Å².